The number of amidine groups is 1. The standard InChI is InChI=1S/C23H17N2O2S.C2H4O2.Na/c1-27-20-10-6-5-9-19(20)17-13-11-16(12-14-17)15-21-22(26)25-23(28-21)24-18-7-3-2-4-8-18;1-2(3)4;/h3-15H,1H3,(H,24,25,26);1H3,(H,3,4);/b21-15-;;. The number of anilines is 1. The van der Waals surface area contributed by atoms with Crippen LogP contribution in [0.15, 0.2) is 82.7 Å². The predicted molar refractivity (Wildman–Crippen MR) is 135 cm³/mol. The summed E-state index contributed by atoms with van der Waals surface area (Å²) in [5.41, 5.74) is 3.99. The van der Waals surface area contributed by atoms with E-state index in [1.165, 1.54) is 14.6 Å². The number of thioether (sulfide) groups is 1. The third-order valence-electron chi connectivity index (χ3n) is 4.55. The normalized spacial score (nSPS) is 13.8. The van der Waals surface area contributed by atoms with Crippen molar-refractivity contribution in [2.24, 2.45) is 4.99 Å². The van der Waals surface area contributed by atoms with Gasteiger partial charge in [0.1, 0.15) is 5.75 Å². The third-order valence-corrected chi connectivity index (χ3v) is 6.12. The summed E-state index contributed by atoms with van der Waals surface area (Å²) < 4.78 is 6.76. The fraction of sp³-hybridized carbons (Fsp3) is 0.0800. The number of methoxy groups -OCH3 is 1. The van der Waals surface area contributed by atoms with Crippen molar-refractivity contribution in [2.75, 3.05) is 12.4 Å². The molecule has 0 saturated heterocycles. The Hall–Kier alpha value is -2.84. The Morgan fingerprint density at radius 1 is 1.06 bits per heavy atom. The van der Waals surface area contributed by atoms with Crippen molar-refractivity contribution in [1.82, 2.24) is 0 Å². The van der Waals surface area contributed by atoms with Crippen LogP contribution in [-0.2, 0) is 9.59 Å². The number of para-hydroxylation sites is 1. The van der Waals surface area contributed by atoms with Gasteiger partial charge in [-0.25, -0.2) is 0 Å². The molecule has 4 rings (SSSR count). The molecule has 0 fully saturated rings. The number of aliphatic imine (C=N–C) groups is 1. The zero-order valence-electron chi connectivity index (χ0n) is 18.5. The molecule has 0 aromatic heterocycles. The molecular formula is C25H21N2NaO4S. The number of carbonyl (C=O) groups excluding carboxylic acids is 1. The van der Waals surface area contributed by atoms with Crippen LogP contribution >= 0.6 is 11.8 Å². The van der Waals surface area contributed by atoms with E-state index in [-0.39, 0.29) is 5.91 Å². The van der Waals surface area contributed by atoms with E-state index >= 15 is 0 Å². The number of hydrogen-bond donors (Lipinski definition) is 2. The topological polar surface area (TPSA) is 88.0 Å². The van der Waals surface area contributed by atoms with Gasteiger partial charge in [-0.05, 0) is 11.6 Å². The fourth-order valence-corrected chi connectivity index (χ4v) is 4.18. The Bertz CT molecular complexity index is 1200. The summed E-state index contributed by atoms with van der Waals surface area (Å²) in [5, 5.41) is 11.2. The number of benzene rings is 3. The first-order chi connectivity index (χ1) is 15.9. The van der Waals surface area contributed by atoms with Crippen LogP contribution in [0.25, 0.3) is 17.2 Å². The van der Waals surface area contributed by atoms with Crippen LogP contribution in [0, 0.1) is 0 Å². The first-order valence-corrected chi connectivity index (χ1v) is 12.0. The van der Waals surface area contributed by atoms with Gasteiger partial charge in [-0.2, -0.15) is 0 Å². The van der Waals surface area contributed by atoms with Gasteiger partial charge in [0.2, 0.25) is 0 Å². The summed E-state index contributed by atoms with van der Waals surface area (Å²) >= 11 is 2.38. The minimum atomic E-state index is -0.833. The molecule has 0 spiro atoms. The summed E-state index contributed by atoms with van der Waals surface area (Å²) in [5.74, 6) is -0.214. The summed E-state index contributed by atoms with van der Waals surface area (Å²) in [6.07, 6.45) is 1.87. The van der Waals surface area contributed by atoms with Crippen molar-refractivity contribution in [3.63, 3.8) is 0 Å². The molecule has 1 heterocycles. The molecule has 0 saturated carbocycles. The molecule has 1 aliphatic heterocycles. The number of aliphatic carboxylic acids is 1. The fourth-order valence-electron chi connectivity index (χ4n) is 3.02. The Morgan fingerprint density at radius 3 is 2.33 bits per heavy atom. The van der Waals surface area contributed by atoms with Crippen LogP contribution in [-0.4, -0.2) is 57.2 Å². The van der Waals surface area contributed by atoms with E-state index in [4.69, 9.17) is 14.6 Å². The molecule has 0 atom stereocenters. The molecule has 3 aromatic rings. The van der Waals surface area contributed by atoms with Crippen molar-refractivity contribution >= 4 is 71.3 Å². The number of amides is 1. The first kappa shape index (κ1) is 24.8. The Balaban J connectivity index is 0.000000709. The molecule has 6 nitrogen and oxygen atoms in total. The number of carboxylic acids is 1. The number of hydrogen-bond acceptors (Lipinski definition) is 5. The van der Waals surface area contributed by atoms with Crippen molar-refractivity contribution in [2.45, 2.75) is 6.92 Å². The van der Waals surface area contributed by atoms with Crippen LogP contribution in [0.3, 0.4) is 0 Å². The van der Waals surface area contributed by atoms with Gasteiger partial charge in [-0.15, -0.1) is 0 Å². The van der Waals surface area contributed by atoms with Gasteiger partial charge < -0.3 is 9.84 Å². The number of nitrogens with one attached hydrogen (secondary N) is 1. The quantitative estimate of drug-likeness (QED) is 0.438. The molecule has 8 heteroatoms. The van der Waals surface area contributed by atoms with Crippen LogP contribution in [0.2, 0.25) is 0 Å². The molecule has 1 amide bonds. The number of carbonyl (C=O) groups is 2. The van der Waals surface area contributed by atoms with E-state index in [0.717, 1.165) is 63.0 Å². The van der Waals surface area contributed by atoms with Gasteiger partial charge in [0, 0.05) is 12.5 Å². The SMILES string of the molecule is CC(=O)O.COc1ccccc1-c1ccc(/C=C2\SC(Nc3cc[c]([Na])cc3)=NC2=O)cc1. The molecule has 0 unspecified atom stereocenters. The summed E-state index contributed by atoms with van der Waals surface area (Å²) in [6, 6.07) is 24.2. The number of nitrogens with zero attached hydrogens (tertiary/aromatic N) is 1. The number of ether oxygens (including phenoxy) is 1. The van der Waals surface area contributed by atoms with Gasteiger partial charge >= 0.3 is 139 Å². The van der Waals surface area contributed by atoms with Crippen LogP contribution in [0.1, 0.15) is 12.5 Å². The van der Waals surface area contributed by atoms with E-state index < -0.39 is 5.97 Å². The molecule has 0 aliphatic carbocycles. The Kier molecular flexibility index (Phi) is 8.91. The van der Waals surface area contributed by atoms with E-state index in [0.29, 0.717) is 10.1 Å². The van der Waals surface area contributed by atoms with E-state index in [2.05, 4.69) is 22.4 Å². The minimum absolute atomic E-state index is 0.217. The first-order valence-electron chi connectivity index (χ1n) is 10.1. The summed E-state index contributed by atoms with van der Waals surface area (Å²) in [7, 11) is 1.67. The van der Waals surface area contributed by atoms with E-state index in [9.17, 15) is 4.79 Å². The van der Waals surface area contributed by atoms with Gasteiger partial charge in [0.05, 0.1) is 7.11 Å². The molecule has 33 heavy (non-hydrogen) atoms. The average molecular weight is 469 g/mol. The second-order valence-electron chi connectivity index (χ2n) is 7.17. The van der Waals surface area contributed by atoms with Crippen molar-refractivity contribution < 1.29 is 19.4 Å². The van der Waals surface area contributed by atoms with Gasteiger partial charge in [0.25, 0.3) is 5.97 Å². The van der Waals surface area contributed by atoms with E-state index in [1.807, 2.05) is 66.7 Å². The monoisotopic (exact) mass is 468 g/mol. The third kappa shape index (κ3) is 7.33. The van der Waals surface area contributed by atoms with Gasteiger partial charge in [0.15, 0.2) is 0 Å². The van der Waals surface area contributed by atoms with Gasteiger partial charge in [-0.1, -0.05) is 18.2 Å². The number of carboxylic acid groups (broad SMARTS) is 1. The van der Waals surface area contributed by atoms with Crippen LogP contribution in [0.5, 0.6) is 5.75 Å². The molecule has 162 valence electrons. The Morgan fingerprint density at radius 2 is 1.70 bits per heavy atom. The molecular weight excluding hydrogens is 447 g/mol. The zero-order valence-corrected chi connectivity index (χ0v) is 21.3. The molecule has 0 radical (unpaired) electrons. The molecule has 0 bridgehead atoms. The molecule has 1 aliphatic rings. The Labute approximate surface area is 214 Å². The second kappa shape index (κ2) is 11.9. The van der Waals surface area contributed by atoms with E-state index in [1.54, 1.807) is 7.11 Å². The van der Waals surface area contributed by atoms with Crippen LogP contribution in [0.4, 0.5) is 5.69 Å². The maximum absolute atomic E-state index is 12.3. The summed E-state index contributed by atoms with van der Waals surface area (Å²) in [6.45, 7) is 1.08. The van der Waals surface area contributed by atoms with Crippen LogP contribution < -0.4 is 12.9 Å². The van der Waals surface area contributed by atoms with Crippen molar-refractivity contribution in [3.05, 3.63) is 83.3 Å². The zero-order chi connectivity index (χ0) is 23.8. The number of rotatable bonds is 4. The summed E-state index contributed by atoms with van der Waals surface area (Å²) in [4.78, 5) is 26.0. The average Bonchev–Trinajstić information content (AvgIpc) is 3.14. The van der Waals surface area contributed by atoms with Gasteiger partial charge in [-0.3, -0.25) is 4.79 Å². The predicted octanol–water partition coefficient (Wildman–Crippen LogP) is 4.33. The maximum atomic E-state index is 12.3. The molecule has 3 aromatic carbocycles. The molecule has 2 N–H and O–H groups in total. The van der Waals surface area contributed by atoms with Crippen molar-refractivity contribution in [3.8, 4) is 16.9 Å². The second-order valence-corrected chi connectivity index (χ2v) is 9.35. The van der Waals surface area contributed by atoms with Crippen molar-refractivity contribution in [1.29, 1.82) is 0 Å².